The van der Waals surface area contributed by atoms with Gasteiger partial charge in [0.25, 0.3) is 0 Å². The predicted octanol–water partition coefficient (Wildman–Crippen LogP) is 4.40. The van der Waals surface area contributed by atoms with Crippen molar-refractivity contribution in [2.75, 3.05) is 5.73 Å². The summed E-state index contributed by atoms with van der Waals surface area (Å²) in [6, 6.07) is 12.4. The van der Waals surface area contributed by atoms with Crippen LogP contribution >= 0.6 is 27.3 Å². The number of nitrogens with two attached hydrogens (primary N) is 1. The Morgan fingerprint density at radius 1 is 1.00 bits per heavy atom. The van der Waals surface area contributed by atoms with Crippen molar-refractivity contribution in [3.63, 3.8) is 0 Å². The highest BCUT2D eigenvalue weighted by atomic mass is 79.9. The first-order valence-corrected chi connectivity index (χ1v) is 6.23. The van der Waals surface area contributed by atoms with Gasteiger partial charge in [-0.1, -0.05) is 18.2 Å². The van der Waals surface area contributed by atoms with Gasteiger partial charge in [-0.3, -0.25) is 0 Å². The minimum absolute atomic E-state index is 0.797. The molecular weight excluding hydrogens is 270 g/mol. The highest BCUT2D eigenvalue weighted by Crippen LogP contribution is 2.40. The highest BCUT2D eigenvalue weighted by Gasteiger charge is 2.09. The Balaban J connectivity index is 2.63. The van der Waals surface area contributed by atoms with Gasteiger partial charge in [-0.05, 0) is 34.1 Å². The first-order chi connectivity index (χ1) is 7.27. The zero-order valence-corrected chi connectivity index (χ0v) is 10.2. The monoisotopic (exact) mass is 277 g/mol. The van der Waals surface area contributed by atoms with Crippen LogP contribution < -0.4 is 5.73 Å². The van der Waals surface area contributed by atoms with Crippen LogP contribution in [-0.4, -0.2) is 0 Å². The SMILES string of the molecule is Nc1ccc2sc3ccccc3c2c1Br. The Kier molecular flexibility index (Phi) is 1.97. The van der Waals surface area contributed by atoms with Crippen LogP contribution in [0.25, 0.3) is 20.2 Å². The summed E-state index contributed by atoms with van der Waals surface area (Å²) in [7, 11) is 0. The maximum absolute atomic E-state index is 5.89. The fourth-order valence-electron chi connectivity index (χ4n) is 1.79. The standard InChI is InChI=1S/C12H8BrNS/c13-12-8(14)5-6-10-11(12)7-3-1-2-4-9(7)15-10/h1-6H,14H2. The number of halogens is 1. The molecule has 0 saturated carbocycles. The summed E-state index contributed by atoms with van der Waals surface area (Å²) in [5.74, 6) is 0. The average Bonchev–Trinajstić information content (AvgIpc) is 2.62. The van der Waals surface area contributed by atoms with E-state index in [1.165, 1.54) is 20.2 Å². The van der Waals surface area contributed by atoms with Crippen LogP contribution in [-0.2, 0) is 0 Å². The maximum atomic E-state index is 5.89. The number of nitrogen functional groups attached to an aromatic ring is 1. The molecule has 2 N–H and O–H groups in total. The number of hydrogen-bond acceptors (Lipinski definition) is 2. The van der Waals surface area contributed by atoms with Gasteiger partial charge in [-0.2, -0.15) is 0 Å². The maximum Gasteiger partial charge on any atom is 0.0498 e. The normalized spacial score (nSPS) is 11.3. The van der Waals surface area contributed by atoms with Gasteiger partial charge in [0.2, 0.25) is 0 Å². The third kappa shape index (κ3) is 1.27. The van der Waals surface area contributed by atoms with Gasteiger partial charge >= 0.3 is 0 Å². The van der Waals surface area contributed by atoms with Gasteiger partial charge in [0.05, 0.1) is 0 Å². The Bertz CT molecular complexity index is 657. The first-order valence-electron chi connectivity index (χ1n) is 4.62. The molecule has 0 atom stereocenters. The van der Waals surface area contributed by atoms with E-state index in [4.69, 9.17) is 5.73 Å². The van der Waals surface area contributed by atoms with Gasteiger partial charge in [-0.15, -0.1) is 11.3 Å². The molecule has 15 heavy (non-hydrogen) atoms. The van der Waals surface area contributed by atoms with Crippen molar-refractivity contribution in [3.05, 3.63) is 40.9 Å². The number of rotatable bonds is 0. The van der Waals surface area contributed by atoms with E-state index >= 15 is 0 Å². The van der Waals surface area contributed by atoms with E-state index in [-0.39, 0.29) is 0 Å². The molecule has 0 aliphatic carbocycles. The minimum atomic E-state index is 0.797. The topological polar surface area (TPSA) is 26.0 Å². The van der Waals surface area contributed by atoms with E-state index in [0.717, 1.165) is 10.2 Å². The number of thiophene rings is 1. The van der Waals surface area contributed by atoms with E-state index in [2.05, 4.69) is 46.3 Å². The lowest BCUT2D eigenvalue weighted by molar-refractivity contribution is 1.74. The molecule has 1 heterocycles. The zero-order chi connectivity index (χ0) is 10.4. The highest BCUT2D eigenvalue weighted by molar-refractivity contribution is 9.10. The Morgan fingerprint density at radius 3 is 2.67 bits per heavy atom. The van der Waals surface area contributed by atoms with E-state index in [1.54, 1.807) is 11.3 Å². The molecule has 0 spiro atoms. The molecule has 74 valence electrons. The molecule has 1 nitrogen and oxygen atoms in total. The Labute approximate surface area is 99.6 Å². The zero-order valence-electron chi connectivity index (χ0n) is 7.83. The van der Waals surface area contributed by atoms with Crippen LogP contribution in [0.3, 0.4) is 0 Å². The van der Waals surface area contributed by atoms with Crippen molar-refractivity contribution < 1.29 is 0 Å². The van der Waals surface area contributed by atoms with Crippen LogP contribution in [0, 0.1) is 0 Å². The molecule has 3 heteroatoms. The summed E-state index contributed by atoms with van der Waals surface area (Å²) < 4.78 is 3.59. The number of benzene rings is 2. The van der Waals surface area contributed by atoms with Crippen LogP contribution in [0.2, 0.25) is 0 Å². The third-order valence-corrected chi connectivity index (χ3v) is 4.50. The van der Waals surface area contributed by atoms with Crippen LogP contribution in [0.1, 0.15) is 0 Å². The summed E-state index contributed by atoms with van der Waals surface area (Å²) in [4.78, 5) is 0. The molecule has 3 rings (SSSR count). The average molecular weight is 278 g/mol. The van der Waals surface area contributed by atoms with Gasteiger partial charge in [0.15, 0.2) is 0 Å². The Morgan fingerprint density at radius 2 is 1.80 bits per heavy atom. The summed E-state index contributed by atoms with van der Waals surface area (Å²) in [5, 5.41) is 2.51. The molecule has 0 aliphatic rings. The Hall–Kier alpha value is -1.06. The van der Waals surface area contributed by atoms with Crippen molar-refractivity contribution >= 4 is 53.1 Å². The van der Waals surface area contributed by atoms with Crippen molar-refractivity contribution in [2.45, 2.75) is 0 Å². The second kappa shape index (κ2) is 3.22. The van der Waals surface area contributed by atoms with Gasteiger partial charge in [0.1, 0.15) is 0 Å². The molecule has 3 aromatic rings. The number of anilines is 1. The van der Waals surface area contributed by atoms with E-state index in [1.807, 2.05) is 6.07 Å². The summed E-state index contributed by atoms with van der Waals surface area (Å²) in [6.07, 6.45) is 0. The van der Waals surface area contributed by atoms with Gasteiger partial charge < -0.3 is 5.73 Å². The molecule has 0 unspecified atom stereocenters. The molecule has 0 bridgehead atoms. The fraction of sp³-hybridized carbons (Fsp3) is 0. The summed E-state index contributed by atoms with van der Waals surface area (Å²) in [5.41, 5.74) is 6.69. The molecule has 0 aliphatic heterocycles. The van der Waals surface area contributed by atoms with Crippen molar-refractivity contribution in [1.82, 2.24) is 0 Å². The lowest BCUT2D eigenvalue weighted by Crippen LogP contribution is -1.85. The van der Waals surface area contributed by atoms with Crippen LogP contribution in [0.5, 0.6) is 0 Å². The fourth-order valence-corrected chi connectivity index (χ4v) is 3.60. The minimum Gasteiger partial charge on any atom is -0.398 e. The number of fused-ring (bicyclic) bond motifs is 3. The second-order valence-electron chi connectivity index (χ2n) is 3.44. The molecule has 0 saturated heterocycles. The van der Waals surface area contributed by atoms with Crippen LogP contribution in [0.4, 0.5) is 5.69 Å². The van der Waals surface area contributed by atoms with Gasteiger partial charge in [-0.25, -0.2) is 0 Å². The summed E-state index contributed by atoms with van der Waals surface area (Å²) in [6.45, 7) is 0. The predicted molar refractivity (Wildman–Crippen MR) is 71.4 cm³/mol. The third-order valence-electron chi connectivity index (χ3n) is 2.51. The molecule has 0 amide bonds. The van der Waals surface area contributed by atoms with Gasteiger partial charge in [0, 0.05) is 30.3 Å². The van der Waals surface area contributed by atoms with Crippen molar-refractivity contribution in [2.24, 2.45) is 0 Å². The molecule has 1 aromatic heterocycles. The lowest BCUT2D eigenvalue weighted by atomic mass is 10.1. The number of hydrogen-bond donors (Lipinski definition) is 1. The lowest BCUT2D eigenvalue weighted by Gasteiger charge is -1.99. The van der Waals surface area contributed by atoms with Crippen molar-refractivity contribution in [3.8, 4) is 0 Å². The van der Waals surface area contributed by atoms with E-state index in [0.29, 0.717) is 0 Å². The molecule has 2 aromatic carbocycles. The summed E-state index contributed by atoms with van der Waals surface area (Å²) >= 11 is 5.36. The van der Waals surface area contributed by atoms with Crippen molar-refractivity contribution in [1.29, 1.82) is 0 Å². The molecule has 0 radical (unpaired) electrons. The van der Waals surface area contributed by atoms with Crippen LogP contribution in [0.15, 0.2) is 40.9 Å². The molecular formula is C12H8BrNS. The van der Waals surface area contributed by atoms with E-state index in [9.17, 15) is 0 Å². The quantitative estimate of drug-likeness (QED) is 0.606. The second-order valence-corrected chi connectivity index (χ2v) is 5.32. The largest absolute Gasteiger partial charge is 0.398 e. The molecule has 0 fully saturated rings. The first kappa shape index (κ1) is 9.19. The van der Waals surface area contributed by atoms with E-state index < -0.39 is 0 Å². The smallest absolute Gasteiger partial charge is 0.0498 e.